The van der Waals surface area contributed by atoms with Crippen molar-refractivity contribution in [2.45, 2.75) is 33.7 Å². The van der Waals surface area contributed by atoms with Crippen LogP contribution in [0.25, 0.3) is 0 Å². The van der Waals surface area contributed by atoms with E-state index in [2.05, 4.69) is 10.3 Å². The van der Waals surface area contributed by atoms with Gasteiger partial charge in [-0.3, -0.25) is 9.78 Å². The van der Waals surface area contributed by atoms with Gasteiger partial charge in [0.05, 0.1) is 5.56 Å². The Hall–Kier alpha value is -1.91. The fraction of sp³-hybridized carbons (Fsp3) is 0.462. The number of carboxylic acids is 1. The highest BCUT2D eigenvalue weighted by molar-refractivity contribution is 5.96. The number of aliphatic carboxylic acids is 1. The lowest BCUT2D eigenvalue weighted by atomic mass is 9.86. The molecule has 0 aromatic carbocycles. The number of carboxylic acid groups (broad SMARTS) is 1. The van der Waals surface area contributed by atoms with Gasteiger partial charge >= 0.3 is 5.97 Å². The average molecular weight is 250 g/mol. The van der Waals surface area contributed by atoms with E-state index in [-0.39, 0.29) is 0 Å². The number of nitrogens with zero attached hydrogens (tertiary/aromatic N) is 1. The van der Waals surface area contributed by atoms with Gasteiger partial charge in [0.15, 0.2) is 0 Å². The minimum absolute atomic E-state index is 0.358. The van der Waals surface area contributed by atoms with E-state index in [1.54, 1.807) is 32.9 Å². The molecule has 0 saturated heterocycles. The molecule has 0 spiro atoms. The van der Waals surface area contributed by atoms with Gasteiger partial charge in [0.2, 0.25) is 0 Å². The Morgan fingerprint density at radius 3 is 2.33 bits per heavy atom. The van der Waals surface area contributed by atoms with Crippen LogP contribution >= 0.6 is 0 Å². The summed E-state index contributed by atoms with van der Waals surface area (Å²) in [6, 6.07) is 2.40. The van der Waals surface area contributed by atoms with Crippen LogP contribution in [0.1, 0.15) is 36.8 Å². The number of aromatic nitrogens is 1. The highest BCUT2D eigenvalue weighted by Crippen LogP contribution is 2.19. The first-order valence-corrected chi connectivity index (χ1v) is 5.68. The molecule has 1 aromatic heterocycles. The first-order chi connectivity index (χ1) is 8.21. The Labute approximate surface area is 106 Å². The molecule has 98 valence electrons. The topological polar surface area (TPSA) is 79.3 Å². The molecule has 1 rings (SSSR count). The van der Waals surface area contributed by atoms with Gasteiger partial charge in [-0.05, 0) is 24.5 Å². The molecule has 2 N–H and O–H groups in total. The predicted octanol–water partition coefficient (Wildman–Crippen LogP) is 1.62. The molecule has 5 nitrogen and oxygen atoms in total. The van der Waals surface area contributed by atoms with Crippen LogP contribution in [0.4, 0.5) is 0 Å². The molecule has 1 heterocycles. The van der Waals surface area contributed by atoms with E-state index in [9.17, 15) is 9.59 Å². The summed E-state index contributed by atoms with van der Waals surface area (Å²) in [4.78, 5) is 27.0. The summed E-state index contributed by atoms with van der Waals surface area (Å²) in [5.41, 5.74) is 0.604. The molecule has 5 heteroatoms. The van der Waals surface area contributed by atoms with Crippen molar-refractivity contribution in [2.75, 3.05) is 0 Å². The van der Waals surface area contributed by atoms with Crippen LogP contribution in [-0.2, 0) is 4.79 Å². The normalized spacial score (nSPS) is 12.9. The van der Waals surface area contributed by atoms with Crippen molar-refractivity contribution in [3.05, 3.63) is 29.6 Å². The highest BCUT2D eigenvalue weighted by atomic mass is 16.4. The van der Waals surface area contributed by atoms with Gasteiger partial charge in [-0.1, -0.05) is 20.8 Å². The first-order valence-electron chi connectivity index (χ1n) is 5.68. The number of hydrogen-bond acceptors (Lipinski definition) is 3. The Kier molecular flexibility index (Phi) is 4.06. The molecule has 0 radical (unpaired) electrons. The van der Waals surface area contributed by atoms with Gasteiger partial charge in [-0.25, -0.2) is 4.79 Å². The minimum Gasteiger partial charge on any atom is -0.480 e. The van der Waals surface area contributed by atoms with Crippen LogP contribution < -0.4 is 5.32 Å². The molecule has 0 unspecified atom stereocenters. The Morgan fingerprint density at radius 1 is 1.33 bits per heavy atom. The maximum atomic E-state index is 11.9. The Bertz CT molecular complexity index is 446. The first kappa shape index (κ1) is 14.2. The van der Waals surface area contributed by atoms with Crippen molar-refractivity contribution in [3.63, 3.8) is 0 Å². The molecule has 0 bridgehead atoms. The number of carbonyl (C=O) groups is 2. The van der Waals surface area contributed by atoms with Crippen molar-refractivity contribution >= 4 is 11.9 Å². The summed E-state index contributed by atoms with van der Waals surface area (Å²) in [5, 5.41) is 11.6. The van der Waals surface area contributed by atoms with E-state index in [1.807, 2.05) is 6.92 Å². The molecule has 0 saturated carbocycles. The van der Waals surface area contributed by atoms with Crippen molar-refractivity contribution in [2.24, 2.45) is 5.41 Å². The molecule has 0 aliphatic rings. The number of carbonyl (C=O) groups excluding carboxylic acids is 1. The molecule has 1 aromatic rings. The van der Waals surface area contributed by atoms with Crippen LogP contribution in [0.3, 0.4) is 0 Å². The van der Waals surface area contributed by atoms with E-state index >= 15 is 0 Å². The van der Waals surface area contributed by atoms with Gasteiger partial charge in [-0.15, -0.1) is 0 Å². The third-order valence-corrected chi connectivity index (χ3v) is 2.56. The fourth-order valence-electron chi connectivity index (χ4n) is 1.47. The second-order valence-corrected chi connectivity index (χ2v) is 5.30. The molecule has 0 aliphatic heterocycles. The lowest BCUT2D eigenvalue weighted by Gasteiger charge is -2.27. The van der Waals surface area contributed by atoms with Crippen LogP contribution in [0, 0.1) is 12.3 Å². The number of amides is 1. The van der Waals surface area contributed by atoms with Crippen LogP contribution in [0.5, 0.6) is 0 Å². The van der Waals surface area contributed by atoms with Crippen LogP contribution in [0.15, 0.2) is 18.3 Å². The molecule has 1 atom stereocenters. The molecule has 0 aliphatic carbocycles. The van der Waals surface area contributed by atoms with E-state index < -0.39 is 23.3 Å². The maximum Gasteiger partial charge on any atom is 0.326 e. The predicted molar refractivity (Wildman–Crippen MR) is 67.3 cm³/mol. The van der Waals surface area contributed by atoms with Crippen molar-refractivity contribution in [1.82, 2.24) is 10.3 Å². The summed E-state index contributed by atoms with van der Waals surface area (Å²) in [7, 11) is 0. The van der Waals surface area contributed by atoms with E-state index in [0.717, 1.165) is 5.69 Å². The Morgan fingerprint density at radius 2 is 1.94 bits per heavy atom. The van der Waals surface area contributed by atoms with Gasteiger partial charge in [-0.2, -0.15) is 0 Å². The average Bonchev–Trinajstić information content (AvgIpc) is 2.24. The van der Waals surface area contributed by atoms with Gasteiger partial charge in [0.25, 0.3) is 5.91 Å². The molecular formula is C13H18N2O3. The second-order valence-electron chi connectivity index (χ2n) is 5.30. The van der Waals surface area contributed by atoms with Crippen molar-refractivity contribution in [1.29, 1.82) is 0 Å². The van der Waals surface area contributed by atoms with Crippen LogP contribution in [0.2, 0.25) is 0 Å². The summed E-state index contributed by atoms with van der Waals surface area (Å²) in [6.45, 7) is 7.11. The largest absolute Gasteiger partial charge is 0.480 e. The maximum absolute atomic E-state index is 11.9. The lowest BCUT2D eigenvalue weighted by molar-refractivity contribution is -0.142. The molecular weight excluding hydrogens is 232 g/mol. The zero-order valence-electron chi connectivity index (χ0n) is 11.0. The number of rotatable bonds is 3. The quantitative estimate of drug-likeness (QED) is 0.854. The molecule has 18 heavy (non-hydrogen) atoms. The van der Waals surface area contributed by atoms with E-state index in [4.69, 9.17) is 5.11 Å². The summed E-state index contributed by atoms with van der Waals surface area (Å²) < 4.78 is 0. The lowest BCUT2D eigenvalue weighted by Crippen LogP contribution is -2.49. The van der Waals surface area contributed by atoms with E-state index in [1.165, 1.54) is 6.20 Å². The molecule has 1 amide bonds. The second kappa shape index (κ2) is 5.16. The SMILES string of the molecule is Cc1ccc(C(=O)N[C@H](C(=O)O)C(C)(C)C)cn1. The number of pyridine rings is 1. The fourth-order valence-corrected chi connectivity index (χ4v) is 1.47. The van der Waals surface area contributed by atoms with E-state index in [0.29, 0.717) is 5.56 Å². The van der Waals surface area contributed by atoms with Gasteiger partial charge in [0, 0.05) is 11.9 Å². The van der Waals surface area contributed by atoms with Crippen molar-refractivity contribution in [3.8, 4) is 0 Å². The van der Waals surface area contributed by atoms with Gasteiger partial charge < -0.3 is 10.4 Å². The standard InChI is InChI=1S/C13H18N2O3/c1-8-5-6-9(7-14-8)11(16)15-10(12(17)18)13(2,3)4/h5-7,10H,1-4H3,(H,15,16)(H,17,18)/t10-/m1/s1. The summed E-state index contributed by atoms with van der Waals surface area (Å²) in [5.74, 6) is -1.47. The van der Waals surface area contributed by atoms with Crippen LogP contribution in [-0.4, -0.2) is 28.0 Å². The number of nitrogens with one attached hydrogen (secondary N) is 1. The Balaban J connectivity index is 2.86. The van der Waals surface area contributed by atoms with Gasteiger partial charge in [0.1, 0.15) is 6.04 Å². The highest BCUT2D eigenvalue weighted by Gasteiger charge is 2.32. The monoisotopic (exact) mass is 250 g/mol. The number of aryl methyl sites for hydroxylation is 1. The third kappa shape index (κ3) is 3.55. The number of hydrogen-bond donors (Lipinski definition) is 2. The minimum atomic E-state index is -1.05. The zero-order chi connectivity index (χ0) is 13.9. The molecule has 0 fully saturated rings. The zero-order valence-corrected chi connectivity index (χ0v) is 11.0. The van der Waals surface area contributed by atoms with Crippen molar-refractivity contribution < 1.29 is 14.7 Å². The summed E-state index contributed by atoms with van der Waals surface area (Å²) in [6.07, 6.45) is 1.44. The smallest absolute Gasteiger partial charge is 0.326 e. The summed E-state index contributed by atoms with van der Waals surface area (Å²) >= 11 is 0. The third-order valence-electron chi connectivity index (χ3n) is 2.56.